The van der Waals surface area contributed by atoms with Crippen LogP contribution >= 0.6 is 0 Å². The Kier molecular flexibility index (Phi) is 5.87. The fourth-order valence-corrected chi connectivity index (χ4v) is 2.93. The fourth-order valence-electron chi connectivity index (χ4n) is 2.93. The Morgan fingerprint density at radius 3 is 2.48 bits per heavy atom. The monoisotopic (exact) mass is 362 g/mol. The lowest BCUT2D eigenvalue weighted by atomic mass is 10.1. The summed E-state index contributed by atoms with van der Waals surface area (Å²) in [5.74, 6) is -1.40. The van der Waals surface area contributed by atoms with Crippen LogP contribution in [-0.4, -0.2) is 80.2 Å². The van der Waals surface area contributed by atoms with Crippen molar-refractivity contribution in [3.63, 3.8) is 0 Å². The van der Waals surface area contributed by atoms with Gasteiger partial charge in [0.15, 0.2) is 18.9 Å². The third-order valence-electron chi connectivity index (χ3n) is 4.03. The summed E-state index contributed by atoms with van der Waals surface area (Å²) in [6, 6.07) is 0. The molecule has 0 aromatic heterocycles. The van der Waals surface area contributed by atoms with Gasteiger partial charge in [0.25, 0.3) is 0 Å². The summed E-state index contributed by atoms with van der Waals surface area (Å²) in [6.07, 6.45) is -5.18. The minimum absolute atomic E-state index is 0.190. The first-order chi connectivity index (χ1) is 12.0. The minimum Gasteiger partial charge on any atom is -0.466 e. The van der Waals surface area contributed by atoms with Crippen molar-refractivity contribution in [2.24, 2.45) is 0 Å². The molecule has 25 heavy (non-hydrogen) atoms. The van der Waals surface area contributed by atoms with Gasteiger partial charge < -0.3 is 38.3 Å². The van der Waals surface area contributed by atoms with E-state index in [4.69, 9.17) is 28.4 Å². The molecule has 3 heterocycles. The topological polar surface area (TPSA) is 119 Å². The van der Waals surface area contributed by atoms with Gasteiger partial charge in [-0.3, -0.25) is 9.59 Å². The number of fused-ring (bicyclic) bond motifs is 1. The zero-order chi connectivity index (χ0) is 18.0. The Labute approximate surface area is 144 Å². The maximum absolute atomic E-state index is 11.5. The van der Waals surface area contributed by atoms with Gasteiger partial charge in [0, 0.05) is 0 Å². The van der Waals surface area contributed by atoms with E-state index in [1.165, 1.54) is 0 Å². The van der Waals surface area contributed by atoms with Crippen LogP contribution in [-0.2, 0) is 42.7 Å². The van der Waals surface area contributed by atoms with E-state index in [0.29, 0.717) is 6.61 Å². The summed E-state index contributed by atoms with van der Waals surface area (Å²) >= 11 is 0. The molecule has 3 saturated heterocycles. The van der Waals surface area contributed by atoms with Crippen LogP contribution in [0.5, 0.6) is 0 Å². The van der Waals surface area contributed by atoms with Gasteiger partial charge in [-0.2, -0.15) is 0 Å². The molecular weight excluding hydrogens is 340 g/mol. The average molecular weight is 362 g/mol. The predicted octanol–water partition coefficient (Wildman–Crippen LogP) is -0.928. The van der Waals surface area contributed by atoms with Crippen LogP contribution in [0.1, 0.15) is 20.3 Å². The molecule has 10 nitrogen and oxygen atoms in total. The number of rotatable bonds is 6. The summed E-state index contributed by atoms with van der Waals surface area (Å²) in [7, 11) is 0. The lowest BCUT2D eigenvalue weighted by molar-refractivity contribution is -0.203. The third-order valence-corrected chi connectivity index (χ3v) is 4.03. The van der Waals surface area contributed by atoms with Crippen LogP contribution < -0.4 is 0 Å². The quantitative estimate of drug-likeness (QED) is 0.469. The highest BCUT2D eigenvalue weighted by atomic mass is 16.8. The van der Waals surface area contributed by atoms with Crippen molar-refractivity contribution in [2.45, 2.75) is 63.6 Å². The Morgan fingerprint density at radius 1 is 1.08 bits per heavy atom. The van der Waals surface area contributed by atoms with Crippen molar-refractivity contribution < 1.29 is 47.9 Å². The molecule has 3 aliphatic rings. The lowest BCUT2D eigenvalue weighted by Gasteiger charge is -2.22. The largest absolute Gasteiger partial charge is 0.466 e. The van der Waals surface area contributed by atoms with E-state index in [1.807, 2.05) is 0 Å². The van der Waals surface area contributed by atoms with E-state index in [-0.39, 0.29) is 19.5 Å². The molecule has 0 amide bonds. The molecular formula is C15H22O10. The standard InChI is InChI=1S/C15H22O10/c1-3-19-9(16)4-10(17)21-6-11-23-14-12(18)13(25-15(14)24-11)8-5-20-7(2)22-8/h7-8,11-15,18H,3-6H2,1-2H3. The van der Waals surface area contributed by atoms with Gasteiger partial charge in [0.05, 0.1) is 13.2 Å². The molecule has 0 aliphatic carbocycles. The van der Waals surface area contributed by atoms with Crippen LogP contribution in [0.2, 0.25) is 0 Å². The van der Waals surface area contributed by atoms with E-state index in [9.17, 15) is 14.7 Å². The van der Waals surface area contributed by atoms with Crippen LogP contribution in [0.4, 0.5) is 0 Å². The highest BCUT2D eigenvalue weighted by Crippen LogP contribution is 2.35. The molecule has 3 rings (SSSR count). The van der Waals surface area contributed by atoms with E-state index < -0.39 is 55.4 Å². The molecule has 3 fully saturated rings. The molecule has 0 aromatic rings. The molecule has 7 atom stereocenters. The van der Waals surface area contributed by atoms with Gasteiger partial charge in [-0.1, -0.05) is 0 Å². The van der Waals surface area contributed by atoms with Gasteiger partial charge in [-0.15, -0.1) is 0 Å². The molecule has 0 radical (unpaired) electrons. The molecule has 0 aromatic carbocycles. The van der Waals surface area contributed by atoms with Crippen molar-refractivity contribution in [3.05, 3.63) is 0 Å². The molecule has 1 N–H and O–H groups in total. The summed E-state index contributed by atoms with van der Waals surface area (Å²) in [5, 5.41) is 10.3. The predicted molar refractivity (Wildman–Crippen MR) is 76.9 cm³/mol. The second kappa shape index (κ2) is 7.94. The first-order valence-electron chi connectivity index (χ1n) is 8.20. The number of hydrogen-bond acceptors (Lipinski definition) is 10. The van der Waals surface area contributed by atoms with E-state index >= 15 is 0 Å². The first-order valence-corrected chi connectivity index (χ1v) is 8.20. The first kappa shape index (κ1) is 18.5. The van der Waals surface area contributed by atoms with Crippen LogP contribution in [0.15, 0.2) is 0 Å². The average Bonchev–Trinajstić information content (AvgIpc) is 3.22. The summed E-state index contributed by atoms with van der Waals surface area (Å²) in [4.78, 5) is 22.7. The maximum atomic E-state index is 11.5. The highest BCUT2D eigenvalue weighted by Gasteiger charge is 2.55. The van der Waals surface area contributed by atoms with Crippen molar-refractivity contribution in [2.75, 3.05) is 19.8 Å². The molecule has 142 valence electrons. The minimum atomic E-state index is -0.955. The Morgan fingerprint density at radius 2 is 1.84 bits per heavy atom. The number of aliphatic hydroxyl groups is 1. The second-order valence-electron chi connectivity index (χ2n) is 5.87. The Hall–Kier alpha value is -1.30. The van der Waals surface area contributed by atoms with Crippen LogP contribution in [0, 0.1) is 0 Å². The Balaban J connectivity index is 1.42. The van der Waals surface area contributed by atoms with Crippen molar-refractivity contribution in [1.29, 1.82) is 0 Å². The Bertz CT molecular complexity index is 497. The third kappa shape index (κ3) is 4.27. The number of ether oxygens (including phenoxy) is 7. The van der Waals surface area contributed by atoms with Gasteiger partial charge in [0.1, 0.15) is 37.4 Å². The number of esters is 2. The van der Waals surface area contributed by atoms with Gasteiger partial charge in [0.2, 0.25) is 0 Å². The molecule has 3 aliphatic heterocycles. The maximum Gasteiger partial charge on any atom is 0.317 e. The summed E-state index contributed by atoms with van der Waals surface area (Å²) in [5.41, 5.74) is 0. The molecule has 0 saturated carbocycles. The molecule has 0 spiro atoms. The fraction of sp³-hybridized carbons (Fsp3) is 0.867. The number of carbonyl (C=O) groups is 2. The van der Waals surface area contributed by atoms with Crippen molar-refractivity contribution in [1.82, 2.24) is 0 Å². The summed E-state index contributed by atoms with van der Waals surface area (Å²) in [6.45, 7) is 3.69. The molecule has 0 bridgehead atoms. The van der Waals surface area contributed by atoms with Gasteiger partial charge >= 0.3 is 11.9 Å². The zero-order valence-electron chi connectivity index (χ0n) is 14.0. The van der Waals surface area contributed by atoms with E-state index in [2.05, 4.69) is 4.74 Å². The number of carbonyl (C=O) groups excluding carboxylic acids is 2. The lowest BCUT2D eigenvalue weighted by Crippen LogP contribution is -2.41. The smallest absolute Gasteiger partial charge is 0.317 e. The van der Waals surface area contributed by atoms with Crippen LogP contribution in [0.3, 0.4) is 0 Å². The van der Waals surface area contributed by atoms with E-state index in [0.717, 1.165) is 0 Å². The molecule has 10 heteroatoms. The summed E-state index contributed by atoms with van der Waals surface area (Å²) < 4.78 is 37.0. The van der Waals surface area contributed by atoms with Gasteiger partial charge in [-0.05, 0) is 13.8 Å². The number of hydrogen-bond donors (Lipinski definition) is 1. The zero-order valence-corrected chi connectivity index (χ0v) is 14.0. The highest BCUT2D eigenvalue weighted by molar-refractivity contribution is 5.91. The van der Waals surface area contributed by atoms with Crippen molar-refractivity contribution >= 4 is 11.9 Å². The molecule has 7 unspecified atom stereocenters. The van der Waals surface area contributed by atoms with Crippen molar-refractivity contribution in [3.8, 4) is 0 Å². The number of aliphatic hydroxyl groups excluding tert-OH is 1. The van der Waals surface area contributed by atoms with Crippen LogP contribution in [0.25, 0.3) is 0 Å². The SMILES string of the molecule is CCOC(=O)CC(=O)OCC1OC2OC(C3COC(C)O3)C(O)C2O1. The van der Waals surface area contributed by atoms with Gasteiger partial charge in [-0.25, -0.2) is 0 Å². The second-order valence-corrected chi connectivity index (χ2v) is 5.87. The normalized spacial score (nSPS) is 40.0. The van der Waals surface area contributed by atoms with E-state index in [1.54, 1.807) is 13.8 Å².